The van der Waals surface area contributed by atoms with E-state index >= 15 is 0 Å². The van der Waals surface area contributed by atoms with Crippen LogP contribution < -0.4 is 0 Å². The summed E-state index contributed by atoms with van der Waals surface area (Å²) in [6.45, 7) is 0. The van der Waals surface area contributed by atoms with E-state index in [2.05, 4.69) is 0 Å². The first-order valence-corrected chi connectivity index (χ1v) is 4.21. The fraction of sp³-hybridized carbons (Fsp3) is 0.143. The van der Waals surface area contributed by atoms with Crippen molar-refractivity contribution in [1.82, 2.24) is 0 Å². The van der Waals surface area contributed by atoms with E-state index in [1.807, 2.05) is 0 Å². The highest BCUT2D eigenvalue weighted by Crippen LogP contribution is 2.24. The first kappa shape index (κ1) is 9.28. The van der Waals surface area contributed by atoms with Gasteiger partial charge in [0.2, 0.25) is 0 Å². The van der Waals surface area contributed by atoms with Gasteiger partial charge < -0.3 is 4.55 Å². The van der Waals surface area contributed by atoms with E-state index < -0.39 is 23.1 Å². The Labute approximate surface area is 70.5 Å². The van der Waals surface area contributed by atoms with Gasteiger partial charge in [-0.3, -0.25) is 0 Å². The van der Waals surface area contributed by atoms with Crippen molar-refractivity contribution < 1.29 is 17.5 Å². The van der Waals surface area contributed by atoms with Crippen LogP contribution in [0.2, 0.25) is 0 Å². The number of hydrogen-bond donors (Lipinski definition) is 1. The molecule has 0 aromatic heterocycles. The van der Waals surface area contributed by atoms with Crippen LogP contribution in [-0.4, -0.2) is 8.76 Å². The van der Waals surface area contributed by atoms with Crippen molar-refractivity contribution in [3.63, 3.8) is 0 Å². The molecule has 0 aliphatic rings. The smallest absolute Gasteiger partial charge is 0.265 e. The van der Waals surface area contributed by atoms with Crippen LogP contribution in [0.5, 0.6) is 0 Å². The van der Waals surface area contributed by atoms with Crippen molar-refractivity contribution in [2.45, 2.75) is 11.3 Å². The molecule has 12 heavy (non-hydrogen) atoms. The van der Waals surface area contributed by atoms with Gasteiger partial charge in [-0.1, -0.05) is 18.2 Å². The zero-order chi connectivity index (χ0) is 9.14. The summed E-state index contributed by atoms with van der Waals surface area (Å²) >= 11 is -2.34. The molecule has 66 valence electrons. The SMILES string of the molecule is O=S(O)c1ccccc1C(F)F. The molecule has 0 fully saturated rings. The zero-order valence-electron chi connectivity index (χ0n) is 5.91. The zero-order valence-corrected chi connectivity index (χ0v) is 6.72. The van der Waals surface area contributed by atoms with Crippen LogP contribution in [0.4, 0.5) is 8.78 Å². The van der Waals surface area contributed by atoms with Gasteiger partial charge in [0.25, 0.3) is 6.43 Å². The van der Waals surface area contributed by atoms with Crippen molar-refractivity contribution in [3.8, 4) is 0 Å². The van der Waals surface area contributed by atoms with E-state index in [1.165, 1.54) is 18.2 Å². The fourth-order valence-electron chi connectivity index (χ4n) is 0.820. The third-order valence-corrected chi connectivity index (χ3v) is 2.09. The predicted molar refractivity (Wildman–Crippen MR) is 40.4 cm³/mol. The lowest BCUT2D eigenvalue weighted by molar-refractivity contribution is 0.148. The molecule has 0 amide bonds. The molecule has 5 heteroatoms. The molecule has 0 spiro atoms. The quantitative estimate of drug-likeness (QED) is 0.729. The van der Waals surface area contributed by atoms with Crippen molar-refractivity contribution in [2.24, 2.45) is 0 Å². The van der Waals surface area contributed by atoms with Crippen molar-refractivity contribution in [3.05, 3.63) is 29.8 Å². The minimum absolute atomic E-state index is 0.229. The second-order valence-corrected chi connectivity index (χ2v) is 3.03. The molecular formula is C7H6F2O2S. The minimum atomic E-state index is -2.71. The molecule has 0 aliphatic heterocycles. The third-order valence-electron chi connectivity index (χ3n) is 1.34. The van der Waals surface area contributed by atoms with Crippen LogP contribution in [0.1, 0.15) is 12.0 Å². The first-order valence-electron chi connectivity index (χ1n) is 3.11. The van der Waals surface area contributed by atoms with Gasteiger partial charge in [-0.25, -0.2) is 13.0 Å². The van der Waals surface area contributed by atoms with E-state index in [9.17, 15) is 13.0 Å². The van der Waals surface area contributed by atoms with Gasteiger partial charge in [0.15, 0.2) is 11.1 Å². The molecule has 0 bridgehead atoms. The van der Waals surface area contributed by atoms with Crippen molar-refractivity contribution >= 4 is 11.1 Å². The molecule has 1 atom stereocenters. The van der Waals surface area contributed by atoms with Crippen LogP contribution in [0.3, 0.4) is 0 Å². The Bertz CT molecular complexity index is 301. The Morgan fingerprint density at radius 1 is 1.33 bits per heavy atom. The van der Waals surface area contributed by atoms with E-state index in [1.54, 1.807) is 0 Å². The molecule has 0 radical (unpaired) electrons. The topological polar surface area (TPSA) is 37.3 Å². The second-order valence-electron chi connectivity index (χ2n) is 2.09. The highest BCUT2D eigenvalue weighted by molar-refractivity contribution is 7.79. The minimum Gasteiger partial charge on any atom is -0.302 e. The number of halogens is 2. The van der Waals surface area contributed by atoms with Gasteiger partial charge in [-0.2, -0.15) is 0 Å². The largest absolute Gasteiger partial charge is 0.302 e. The van der Waals surface area contributed by atoms with Crippen LogP contribution >= 0.6 is 0 Å². The van der Waals surface area contributed by atoms with Crippen LogP contribution in [0, 0.1) is 0 Å². The van der Waals surface area contributed by atoms with Gasteiger partial charge in [0, 0.05) is 5.56 Å². The summed E-state index contributed by atoms with van der Waals surface area (Å²) in [4.78, 5) is -0.229. The Balaban J connectivity index is 3.17. The summed E-state index contributed by atoms with van der Waals surface area (Å²) < 4.78 is 43.4. The molecule has 0 saturated carbocycles. The summed E-state index contributed by atoms with van der Waals surface area (Å²) in [7, 11) is 0. The van der Waals surface area contributed by atoms with Crippen LogP contribution in [0.15, 0.2) is 29.2 Å². The molecule has 1 aromatic rings. The van der Waals surface area contributed by atoms with Crippen LogP contribution in [0.25, 0.3) is 0 Å². The van der Waals surface area contributed by atoms with Crippen LogP contribution in [-0.2, 0) is 11.1 Å². The lowest BCUT2D eigenvalue weighted by Crippen LogP contribution is -1.95. The molecule has 0 aliphatic carbocycles. The number of benzene rings is 1. The highest BCUT2D eigenvalue weighted by Gasteiger charge is 2.14. The lowest BCUT2D eigenvalue weighted by atomic mass is 10.2. The maximum atomic E-state index is 12.1. The summed E-state index contributed by atoms with van der Waals surface area (Å²) in [5.74, 6) is 0. The third kappa shape index (κ3) is 1.86. The van der Waals surface area contributed by atoms with Gasteiger partial charge >= 0.3 is 0 Å². The monoisotopic (exact) mass is 192 g/mol. The Morgan fingerprint density at radius 2 is 1.92 bits per heavy atom. The normalized spacial score (nSPS) is 13.3. The molecule has 1 aromatic carbocycles. The molecule has 0 heterocycles. The maximum absolute atomic E-state index is 12.1. The van der Waals surface area contributed by atoms with E-state index in [4.69, 9.17) is 4.55 Å². The molecule has 0 saturated heterocycles. The maximum Gasteiger partial charge on any atom is 0.265 e. The van der Waals surface area contributed by atoms with Gasteiger partial charge in [0.05, 0.1) is 4.90 Å². The van der Waals surface area contributed by atoms with E-state index in [0.717, 1.165) is 6.07 Å². The molecule has 1 unspecified atom stereocenters. The fourth-order valence-corrected chi connectivity index (χ4v) is 1.37. The van der Waals surface area contributed by atoms with Crippen molar-refractivity contribution in [2.75, 3.05) is 0 Å². The lowest BCUT2D eigenvalue weighted by Gasteiger charge is -2.03. The Morgan fingerprint density at radius 3 is 2.33 bits per heavy atom. The molecular weight excluding hydrogens is 186 g/mol. The highest BCUT2D eigenvalue weighted by atomic mass is 32.2. The average Bonchev–Trinajstić information content (AvgIpc) is 2.04. The number of hydrogen-bond acceptors (Lipinski definition) is 1. The van der Waals surface area contributed by atoms with Gasteiger partial charge in [0.1, 0.15) is 0 Å². The number of alkyl halides is 2. The summed E-state index contributed by atoms with van der Waals surface area (Å²) in [5.41, 5.74) is -0.390. The second kappa shape index (κ2) is 3.73. The molecule has 1 rings (SSSR count). The Hall–Kier alpha value is -0.810. The molecule has 1 N–H and O–H groups in total. The van der Waals surface area contributed by atoms with Gasteiger partial charge in [-0.05, 0) is 6.07 Å². The summed E-state index contributed by atoms with van der Waals surface area (Å²) in [6, 6.07) is 5.18. The van der Waals surface area contributed by atoms with Crippen molar-refractivity contribution in [1.29, 1.82) is 0 Å². The summed E-state index contributed by atoms with van der Waals surface area (Å²) in [5, 5.41) is 0. The summed E-state index contributed by atoms with van der Waals surface area (Å²) in [6.07, 6.45) is -2.71. The predicted octanol–water partition coefficient (Wildman–Crippen LogP) is 2.20. The average molecular weight is 192 g/mol. The van der Waals surface area contributed by atoms with E-state index in [0.29, 0.717) is 0 Å². The molecule has 2 nitrogen and oxygen atoms in total. The van der Waals surface area contributed by atoms with Gasteiger partial charge in [-0.15, -0.1) is 0 Å². The number of rotatable bonds is 2. The standard InChI is InChI=1S/C7H6F2O2S/c8-7(9)5-3-1-2-4-6(5)12(10)11/h1-4,7H,(H,10,11). The Kier molecular flexibility index (Phi) is 2.88. The van der Waals surface area contributed by atoms with E-state index in [-0.39, 0.29) is 4.90 Å². The first-order chi connectivity index (χ1) is 5.63.